The lowest BCUT2D eigenvalue weighted by molar-refractivity contribution is 0.415. The SMILES string of the molecule is CC1CNC(c2ccco2)CS1(=O)=O. The van der Waals surface area contributed by atoms with Crippen molar-refractivity contribution >= 4 is 9.84 Å². The summed E-state index contributed by atoms with van der Waals surface area (Å²) in [6.07, 6.45) is 1.56. The van der Waals surface area contributed by atoms with Gasteiger partial charge in [-0.3, -0.25) is 0 Å². The summed E-state index contributed by atoms with van der Waals surface area (Å²) in [5.74, 6) is 0.822. The van der Waals surface area contributed by atoms with E-state index in [2.05, 4.69) is 5.32 Å². The lowest BCUT2D eigenvalue weighted by Crippen LogP contribution is -2.44. The zero-order valence-corrected chi connectivity index (χ0v) is 8.75. The molecule has 0 spiro atoms. The van der Waals surface area contributed by atoms with Crippen LogP contribution in [0.2, 0.25) is 0 Å². The highest BCUT2D eigenvalue weighted by Gasteiger charge is 2.32. The molecule has 4 nitrogen and oxygen atoms in total. The van der Waals surface area contributed by atoms with Gasteiger partial charge in [-0.1, -0.05) is 0 Å². The Morgan fingerprint density at radius 1 is 1.57 bits per heavy atom. The lowest BCUT2D eigenvalue weighted by atomic mass is 10.2. The summed E-state index contributed by atoms with van der Waals surface area (Å²) in [5, 5.41) is 2.86. The first-order valence-corrected chi connectivity index (χ1v) is 6.29. The summed E-state index contributed by atoms with van der Waals surface area (Å²) in [6, 6.07) is 3.37. The third-order valence-corrected chi connectivity index (χ3v) is 4.74. The van der Waals surface area contributed by atoms with E-state index in [1.807, 2.05) is 0 Å². The van der Waals surface area contributed by atoms with Gasteiger partial charge >= 0.3 is 0 Å². The first-order chi connectivity index (χ1) is 6.59. The quantitative estimate of drug-likeness (QED) is 0.750. The molecule has 2 heterocycles. The minimum Gasteiger partial charge on any atom is -0.468 e. The molecule has 14 heavy (non-hydrogen) atoms. The molecule has 0 radical (unpaired) electrons. The van der Waals surface area contributed by atoms with Crippen molar-refractivity contribution in [2.45, 2.75) is 18.2 Å². The molecule has 0 saturated carbocycles. The van der Waals surface area contributed by atoms with Crippen LogP contribution in [0, 0.1) is 0 Å². The Labute approximate surface area is 83.2 Å². The van der Waals surface area contributed by atoms with Crippen LogP contribution in [0.3, 0.4) is 0 Å². The molecular weight excluding hydrogens is 202 g/mol. The Morgan fingerprint density at radius 3 is 2.93 bits per heavy atom. The molecule has 1 N–H and O–H groups in total. The van der Waals surface area contributed by atoms with Crippen molar-refractivity contribution in [3.8, 4) is 0 Å². The molecular formula is C9H13NO3S. The van der Waals surface area contributed by atoms with Gasteiger partial charge in [-0.2, -0.15) is 0 Å². The van der Waals surface area contributed by atoms with Gasteiger partial charge in [0.25, 0.3) is 0 Å². The molecule has 2 unspecified atom stereocenters. The maximum Gasteiger partial charge on any atom is 0.156 e. The Morgan fingerprint density at radius 2 is 2.36 bits per heavy atom. The van der Waals surface area contributed by atoms with Gasteiger partial charge in [-0.25, -0.2) is 8.42 Å². The van der Waals surface area contributed by atoms with Gasteiger partial charge in [-0.05, 0) is 19.1 Å². The van der Waals surface area contributed by atoms with Crippen LogP contribution in [0.25, 0.3) is 0 Å². The number of hydrogen-bond donors (Lipinski definition) is 1. The van der Waals surface area contributed by atoms with E-state index in [0.29, 0.717) is 12.3 Å². The molecule has 1 aliphatic heterocycles. The van der Waals surface area contributed by atoms with Crippen molar-refractivity contribution in [3.05, 3.63) is 24.2 Å². The van der Waals surface area contributed by atoms with Crippen LogP contribution >= 0.6 is 0 Å². The summed E-state index contributed by atoms with van der Waals surface area (Å²) in [5.41, 5.74) is 0. The molecule has 1 aromatic rings. The highest BCUT2D eigenvalue weighted by molar-refractivity contribution is 7.92. The third kappa shape index (κ3) is 1.69. The summed E-state index contributed by atoms with van der Waals surface area (Å²) in [4.78, 5) is 0. The van der Waals surface area contributed by atoms with E-state index in [-0.39, 0.29) is 17.0 Å². The average Bonchev–Trinajstić information content (AvgIpc) is 2.62. The standard InChI is InChI=1S/C9H13NO3S/c1-7-5-10-8(6-14(7,11)12)9-3-2-4-13-9/h2-4,7-8,10H,5-6H2,1H3. The predicted octanol–water partition coefficient (Wildman–Crippen LogP) is 0.727. The van der Waals surface area contributed by atoms with Gasteiger partial charge in [0, 0.05) is 6.54 Å². The number of nitrogens with one attached hydrogen (secondary N) is 1. The Hall–Kier alpha value is -0.810. The number of hydrogen-bond acceptors (Lipinski definition) is 4. The van der Waals surface area contributed by atoms with Crippen LogP contribution in [0.4, 0.5) is 0 Å². The molecule has 1 fully saturated rings. The number of sulfone groups is 1. The van der Waals surface area contributed by atoms with Gasteiger partial charge in [0.2, 0.25) is 0 Å². The van der Waals surface area contributed by atoms with Crippen molar-refractivity contribution in [2.24, 2.45) is 0 Å². The molecule has 0 amide bonds. The van der Waals surface area contributed by atoms with Crippen LogP contribution < -0.4 is 5.32 Å². The van der Waals surface area contributed by atoms with E-state index in [9.17, 15) is 8.42 Å². The predicted molar refractivity (Wildman–Crippen MR) is 52.7 cm³/mol. The average molecular weight is 215 g/mol. The second-order valence-electron chi connectivity index (χ2n) is 3.62. The van der Waals surface area contributed by atoms with Crippen molar-refractivity contribution in [2.75, 3.05) is 12.3 Å². The zero-order chi connectivity index (χ0) is 10.2. The normalized spacial score (nSPS) is 31.5. The molecule has 1 aliphatic rings. The van der Waals surface area contributed by atoms with Gasteiger partial charge in [0.05, 0.1) is 23.3 Å². The Kier molecular flexibility index (Phi) is 2.36. The van der Waals surface area contributed by atoms with E-state index in [4.69, 9.17) is 4.42 Å². The first kappa shape index (κ1) is 9.73. The van der Waals surface area contributed by atoms with Crippen LogP contribution in [-0.2, 0) is 9.84 Å². The molecule has 2 atom stereocenters. The molecule has 1 saturated heterocycles. The van der Waals surface area contributed by atoms with Crippen LogP contribution in [0.5, 0.6) is 0 Å². The van der Waals surface area contributed by atoms with Crippen LogP contribution in [-0.4, -0.2) is 26.0 Å². The highest BCUT2D eigenvalue weighted by Crippen LogP contribution is 2.21. The number of furan rings is 1. The molecule has 0 aromatic carbocycles. The molecule has 0 aliphatic carbocycles. The van der Waals surface area contributed by atoms with Gasteiger partial charge < -0.3 is 9.73 Å². The lowest BCUT2D eigenvalue weighted by Gasteiger charge is -2.26. The maximum absolute atomic E-state index is 11.6. The molecule has 78 valence electrons. The van der Waals surface area contributed by atoms with Gasteiger partial charge in [0.15, 0.2) is 9.84 Å². The zero-order valence-electron chi connectivity index (χ0n) is 7.93. The second-order valence-corrected chi connectivity index (χ2v) is 6.08. The summed E-state index contributed by atoms with van der Waals surface area (Å²) < 4.78 is 28.4. The highest BCUT2D eigenvalue weighted by atomic mass is 32.2. The Balaban J connectivity index is 2.19. The van der Waals surface area contributed by atoms with Gasteiger partial charge in [0.1, 0.15) is 5.76 Å². The summed E-state index contributed by atoms with van der Waals surface area (Å²) in [7, 11) is -2.96. The van der Waals surface area contributed by atoms with E-state index in [0.717, 1.165) is 0 Å². The Bertz CT molecular complexity index is 396. The van der Waals surface area contributed by atoms with Crippen molar-refractivity contribution < 1.29 is 12.8 Å². The summed E-state index contributed by atoms with van der Waals surface area (Å²) >= 11 is 0. The largest absolute Gasteiger partial charge is 0.468 e. The molecule has 1 aromatic heterocycles. The van der Waals surface area contributed by atoms with E-state index in [1.165, 1.54) is 0 Å². The summed E-state index contributed by atoms with van der Waals surface area (Å²) in [6.45, 7) is 2.22. The maximum atomic E-state index is 11.6. The van der Waals surface area contributed by atoms with Crippen molar-refractivity contribution in [3.63, 3.8) is 0 Å². The van der Waals surface area contributed by atoms with Gasteiger partial charge in [-0.15, -0.1) is 0 Å². The first-order valence-electron chi connectivity index (χ1n) is 4.58. The molecule has 5 heteroatoms. The van der Waals surface area contributed by atoms with Crippen molar-refractivity contribution in [1.29, 1.82) is 0 Å². The molecule has 2 rings (SSSR count). The van der Waals surface area contributed by atoms with Crippen LogP contribution in [0.15, 0.2) is 22.8 Å². The molecule has 0 bridgehead atoms. The van der Waals surface area contributed by atoms with Crippen molar-refractivity contribution in [1.82, 2.24) is 5.32 Å². The number of rotatable bonds is 1. The topological polar surface area (TPSA) is 59.3 Å². The van der Waals surface area contributed by atoms with Crippen LogP contribution in [0.1, 0.15) is 18.7 Å². The monoisotopic (exact) mass is 215 g/mol. The fourth-order valence-corrected chi connectivity index (χ4v) is 2.99. The third-order valence-electron chi connectivity index (χ3n) is 2.55. The fraction of sp³-hybridized carbons (Fsp3) is 0.556. The van der Waals surface area contributed by atoms with E-state index in [1.54, 1.807) is 25.3 Å². The smallest absolute Gasteiger partial charge is 0.156 e. The fourth-order valence-electron chi connectivity index (χ4n) is 1.56. The minimum atomic E-state index is -2.96. The second kappa shape index (κ2) is 3.40. The van der Waals surface area contributed by atoms with E-state index >= 15 is 0 Å². The van der Waals surface area contributed by atoms with E-state index < -0.39 is 9.84 Å². The minimum absolute atomic E-state index is 0.127.